The van der Waals surface area contributed by atoms with Gasteiger partial charge >= 0.3 is 7.82 Å². The van der Waals surface area contributed by atoms with Crippen LogP contribution in [0.1, 0.15) is 5.56 Å². The van der Waals surface area contributed by atoms with E-state index in [0.717, 1.165) is 5.56 Å². The normalized spacial score (nSPS) is 14.3. The van der Waals surface area contributed by atoms with Gasteiger partial charge in [-0.1, -0.05) is 36.4 Å². The highest BCUT2D eigenvalue weighted by Gasteiger charge is 2.27. The fourth-order valence-corrected chi connectivity index (χ4v) is 4.64. The Morgan fingerprint density at radius 2 is 2.00 bits per heavy atom. The van der Waals surface area contributed by atoms with Crippen LogP contribution in [-0.4, -0.2) is 63.7 Å². The number of likely N-dealkylation sites (N-methyl/N-ethyl adjacent to an activating group) is 1. The zero-order valence-electron chi connectivity index (χ0n) is 20.5. The maximum absolute atomic E-state index is 15.3. The summed E-state index contributed by atoms with van der Waals surface area (Å²) in [5.74, 6) is -1.10. The highest BCUT2D eigenvalue weighted by molar-refractivity contribution is 7.46. The highest BCUT2D eigenvalue weighted by Crippen LogP contribution is 2.45. The third-order valence-corrected chi connectivity index (χ3v) is 6.58. The molecule has 200 valence electrons. The number of ketones is 1. The van der Waals surface area contributed by atoms with Crippen molar-refractivity contribution in [2.45, 2.75) is 6.42 Å². The molecule has 0 aliphatic carbocycles. The summed E-state index contributed by atoms with van der Waals surface area (Å²) in [6, 6.07) is 9.58. The van der Waals surface area contributed by atoms with E-state index in [1.807, 2.05) is 7.05 Å². The van der Waals surface area contributed by atoms with Crippen LogP contribution in [0.4, 0.5) is 21.7 Å². The molecule has 4 rings (SSSR count). The summed E-state index contributed by atoms with van der Waals surface area (Å²) in [5, 5.41) is 3.11. The maximum atomic E-state index is 15.3. The topological polar surface area (TPSA) is 128 Å². The van der Waals surface area contributed by atoms with Gasteiger partial charge in [0.25, 0.3) is 0 Å². The van der Waals surface area contributed by atoms with Gasteiger partial charge in [-0.05, 0) is 30.8 Å². The molecule has 0 spiro atoms. The third-order valence-electron chi connectivity index (χ3n) is 5.87. The Labute approximate surface area is 224 Å². The number of carbonyl (C=O) groups is 1. The van der Waals surface area contributed by atoms with Crippen LogP contribution in [0.5, 0.6) is 5.75 Å². The van der Waals surface area contributed by atoms with Gasteiger partial charge in [-0.3, -0.25) is 14.6 Å². The fourth-order valence-electron chi connectivity index (χ4n) is 4.04. The molecule has 0 bridgehead atoms. The van der Waals surface area contributed by atoms with Crippen LogP contribution in [0.25, 0.3) is 11.3 Å². The van der Waals surface area contributed by atoms with Crippen LogP contribution in [0.15, 0.2) is 55.3 Å². The standard InChI is InChI=1S/C25H26ClFN5O5P/c1-3-19(33)12-16-5-4-6-17(11-16)23-20(26)15-28-25(30-23)29-18-13-21(27)24(22(14-18)37-38(34,35)36)32-9-7-31(2)8-10-32/h3-6,11,13-15H,1,7-10,12H2,2H3,(H,28,29,30)(H2,34,35,36). The lowest BCUT2D eigenvalue weighted by Gasteiger charge is -2.35. The molecule has 2 heterocycles. The fraction of sp³-hybridized carbons (Fsp3) is 0.240. The SMILES string of the molecule is C=CC(=O)Cc1cccc(-c2nc(Nc3cc(F)c(N4CCN(C)CC4)c(OP(=O)(O)O)c3)ncc2Cl)c1. The Morgan fingerprint density at radius 1 is 1.26 bits per heavy atom. The van der Waals surface area contributed by atoms with E-state index in [4.69, 9.17) is 16.1 Å². The molecular weight excluding hydrogens is 536 g/mol. The number of phosphoric acid groups is 1. The minimum atomic E-state index is -4.98. The van der Waals surface area contributed by atoms with Crippen molar-refractivity contribution in [3.8, 4) is 17.0 Å². The molecule has 0 radical (unpaired) electrons. The van der Waals surface area contributed by atoms with Crippen LogP contribution in [0, 0.1) is 5.82 Å². The molecule has 1 fully saturated rings. The minimum absolute atomic E-state index is 0.0319. The average Bonchev–Trinajstić information content (AvgIpc) is 2.85. The number of benzene rings is 2. The van der Waals surface area contributed by atoms with Gasteiger partial charge < -0.3 is 19.6 Å². The van der Waals surface area contributed by atoms with Crippen molar-refractivity contribution in [3.63, 3.8) is 0 Å². The molecule has 1 aromatic heterocycles. The first-order chi connectivity index (χ1) is 18.0. The average molecular weight is 562 g/mol. The molecule has 38 heavy (non-hydrogen) atoms. The number of hydrogen-bond acceptors (Lipinski definition) is 8. The second-order valence-corrected chi connectivity index (χ2v) is 10.3. The van der Waals surface area contributed by atoms with Gasteiger partial charge in [-0.2, -0.15) is 0 Å². The molecule has 0 atom stereocenters. The highest BCUT2D eigenvalue weighted by atomic mass is 35.5. The summed E-state index contributed by atoms with van der Waals surface area (Å²) in [4.78, 5) is 43.0. The van der Waals surface area contributed by atoms with E-state index in [9.17, 15) is 19.1 Å². The second kappa shape index (κ2) is 11.6. The van der Waals surface area contributed by atoms with Crippen molar-refractivity contribution in [1.82, 2.24) is 14.9 Å². The first kappa shape index (κ1) is 27.7. The molecule has 0 saturated carbocycles. The zero-order chi connectivity index (χ0) is 27.4. The van der Waals surface area contributed by atoms with Gasteiger partial charge in [0, 0.05) is 49.9 Å². The van der Waals surface area contributed by atoms with E-state index < -0.39 is 13.6 Å². The lowest BCUT2D eigenvalue weighted by Crippen LogP contribution is -2.45. The predicted molar refractivity (Wildman–Crippen MR) is 143 cm³/mol. The van der Waals surface area contributed by atoms with Crippen molar-refractivity contribution >= 4 is 42.5 Å². The smallest absolute Gasteiger partial charge is 0.402 e. The van der Waals surface area contributed by atoms with Crippen LogP contribution in [0.2, 0.25) is 5.02 Å². The van der Waals surface area contributed by atoms with E-state index in [2.05, 4.69) is 26.8 Å². The Kier molecular flexibility index (Phi) is 8.44. The molecule has 0 unspecified atom stereocenters. The first-order valence-corrected chi connectivity index (χ1v) is 13.5. The lowest BCUT2D eigenvalue weighted by atomic mass is 10.0. The number of nitrogens with zero attached hydrogens (tertiary/aromatic N) is 4. The number of halogens is 2. The quantitative estimate of drug-likeness (QED) is 0.258. The molecule has 2 aromatic carbocycles. The largest absolute Gasteiger partial charge is 0.524 e. The number of piperazine rings is 1. The minimum Gasteiger partial charge on any atom is -0.402 e. The van der Waals surface area contributed by atoms with Gasteiger partial charge in [0.1, 0.15) is 5.69 Å². The zero-order valence-corrected chi connectivity index (χ0v) is 22.1. The number of allylic oxidation sites excluding steroid dienone is 1. The van der Waals surface area contributed by atoms with Crippen molar-refractivity contribution in [2.75, 3.05) is 43.4 Å². The van der Waals surface area contributed by atoms with Crippen LogP contribution < -0.4 is 14.7 Å². The summed E-state index contributed by atoms with van der Waals surface area (Å²) in [5.41, 5.74) is 1.84. The van der Waals surface area contributed by atoms with Crippen LogP contribution in [0.3, 0.4) is 0 Å². The van der Waals surface area contributed by atoms with E-state index in [1.54, 1.807) is 29.2 Å². The molecule has 1 aliphatic rings. The summed E-state index contributed by atoms with van der Waals surface area (Å²) >= 11 is 6.35. The molecule has 10 nitrogen and oxygen atoms in total. The summed E-state index contributed by atoms with van der Waals surface area (Å²) in [6.07, 6.45) is 2.80. The van der Waals surface area contributed by atoms with E-state index in [-0.39, 0.29) is 40.3 Å². The third kappa shape index (κ3) is 6.94. The number of anilines is 3. The van der Waals surface area contributed by atoms with Crippen molar-refractivity contribution < 1.29 is 28.1 Å². The van der Waals surface area contributed by atoms with Gasteiger partial charge in [0.05, 0.1) is 16.9 Å². The Balaban J connectivity index is 1.66. The molecule has 1 aliphatic heterocycles. The predicted octanol–water partition coefficient (Wildman–Crippen LogP) is 4.20. The van der Waals surface area contributed by atoms with Crippen LogP contribution in [-0.2, 0) is 15.8 Å². The summed E-state index contributed by atoms with van der Waals surface area (Å²) in [6.45, 7) is 5.70. The van der Waals surface area contributed by atoms with Gasteiger partial charge in [-0.15, -0.1) is 0 Å². The Bertz CT molecular complexity index is 1410. The lowest BCUT2D eigenvalue weighted by molar-refractivity contribution is -0.114. The molecule has 0 amide bonds. The number of phosphoric ester groups is 1. The Hall–Kier alpha value is -3.34. The van der Waals surface area contributed by atoms with Gasteiger partial charge in [-0.25, -0.2) is 18.9 Å². The first-order valence-electron chi connectivity index (χ1n) is 11.6. The second-order valence-electron chi connectivity index (χ2n) is 8.74. The molecule has 13 heteroatoms. The van der Waals surface area contributed by atoms with Gasteiger partial charge in [0.15, 0.2) is 17.3 Å². The van der Waals surface area contributed by atoms with Crippen molar-refractivity contribution in [2.24, 2.45) is 0 Å². The molecule has 3 N–H and O–H groups in total. The number of aromatic nitrogens is 2. The van der Waals surface area contributed by atoms with Gasteiger partial charge in [0.2, 0.25) is 5.95 Å². The van der Waals surface area contributed by atoms with E-state index in [0.29, 0.717) is 37.4 Å². The van der Waals surface area contributed by atoms with E-state index >= 15 is 4.39 Å². The van der Waals surface area contributed by atoms with E-state index in [1.165, 1.54) is 24.4 Å². The molecule has 1 saturated heterocycles. The number of hydrogen-bond donors (Lipinski definition) is 3. The summed E-state index contributed by atoms with van der Waals surface area (Å²) < 4.78 is 31.9. The summed E-state index contributed by atoms with van der Waals surface area (Å²) in [7, 11) is -3.05. The molecular formula is C25H26ClFN5O5P. The number of nitrogens with one attached hydrogen (secondary N) is 1. The molecule has 3 aromatic rings. The maximum Gasteiger partial charge on any atom is 0.524 e. The number of carbonyl (C=O) groups excluding carboxylic acids is 1. The van der Waals surface area contributed by atoms with Crippen molar-refractivity contribution in [3.05, 3.63) is 71.7 Å². The van der Waals surface area contributed by atoms with Crippen molar-refractivity contribution in [1.29, 1.82) is 0 Å². The van der Waals surface area contributed by atoms with Crippen LogP contribution >= 0.6 is 19.4 Å². The monoisotopic (exact) mass is 561 g/mol. The number of rotatable bonds is 9. The Morgan fingerprint density at radius 3 is 2.68 bits per heavy atom.